The molecule has 0 amide bonds. The molecule has 0 radical (unpaired) electrons. The molecule has 0 aromatic carbocycles. The van der Waals surface area contributed by atoms with Gasteiger partial charge in [0.15, 0.2) is 0 Å². The van der Waals surface area contributed by atoms with Crippen molar-refractivity contribution in [3.63, 3.8) is 0 Å². The fourth-order valence-corrected chi connectivity index (χ4v) is 1.65. The number of ether oxygens (including phenoxy) is 1. The van der Waals surface area contributed by atoms with Crippen molar-refractivity contribution >= 4 is 22.6 Å². The van der Waals surface area contributed by atoms with Crippen molar-refractivity contribution in [2.24, 2.45) is 5.73 Å². The van der Waals surface area contributed by atoms with Gasteiger partial charge in [-0.3, -0.25) is 0 Å². The summed E-state index contributed by atoms with van der Waals surface area (Å²) in [5.74, 6) is -0.575. The second kappa shape index (κ2) is 5.15. The minimum Gasteiger partial charge on any atom is -0.390 e. The van der Waals surface area contributed by atoms with Crippen LogP contribution < -0.4 is 10.5 Å². The summed E-state index contributed by atoms with van der Waals surface area (Å²) >= 11 is 1.66. The zero-order chi connectivity index (χ0) is 12.3. The molecule has 1 heterocycles. The Morgan fingerprint density at radius 2 is 2.12 bits per heavy atom. The number of pyridine rings is 1. The van der Waals surface area contributed by atoms with Crippen LogP contribution in [0.3, 0.4) is 0 Å². The summed E-state index contributed by atoms with van der Waals surface area (Å²) in [6.07, 6.45) is -4.80. The molecule has 0 aliphatic rings. The highest BCUT2D eigenvalue weighted by Gasteiger charge is 2.33. The lowest BCUT2D eigenvalue weighted by Crippen LogP contribution is -2.19. The highest BCUT2D eigenvalue weighted by Crippen LogP contribution is 2.27. The lowest BCUT2D eigenvalue weighted by atomic mass is 10.2. The summed E-state index contributed by atoms with van der Waals surface area (Å²) in [6.45, 7) is -0.400. The van der Waals surface area contributed by atoms with E-state index in [1.807, 2.05) is 0 Å². The molecule has 0 spiro atoms. The number of hydrogen-bond acceptors (Lipinski definition) is 4. The topological polar surface area (TPSA) is 68.4 Å². The molecule has 0 aliphatic carbocycles. The smallest absolute Gasteiger partial charge is 0.390 e. The molecule has 0 aliphatic heterocycles. The normalized spacial score (nSPS) is 11.6. The molecule has 0 bridgehead atoms. The van der Waals surface area contributed by atoms with E-state index >= 15 is 0 Å². The maximum atomic E-state index is 12.0. The molecule has 0 unspecified atom stereocenters. The van der Waals surface area contributed by atoms with Gasteiger partial charge in [-0.05, 0) is 34.2 Å². The molecule has 8 heteroatoms. The molecule has 16 heavy (non-hydrogen) atoms. The SMILES string of the molecule is NCc1cc(I)c(OC(F)(F)F)nc1CO. The molecule has 4 nitrogen and oxygen atoms in total. The van der Waals surface area contributed by atoms with Crippen molar-refractivity contribution in [1.82, 2.24) is 4.98 Å². The molecule has 1 aromatic heterocycles. The predicted octanol–water partition coefficient (Wildman–Crippen LogP) is 1.54. The fourth-order valence-electron chi connectivity index (χ4n) is 1.04. The Hall–Kier alpha value is -0.610. The zero-order valence-corrected chi connectivity index (χ0v) is 10.0. The highest BCUT2D eigenvalue weighted by atomic mass is 127. The van der Waals surface area contributed by atoms with E-state index in [1.54, 1.807) is 22.6 Å². The average molecular weight is 348 g/mol. The molecule has 0 saturated heterocycles. The van der Waals surface area contributed by atoms with Crippen molar-refractivity contribution in [3.8, 4) is 5.88 Å². The third kappa shape index (κ3) is 3.46. The van der Waals surface area contributed by atoms with E-state index in [0.717, 1.165) is 0 Å². The van der Waals surface area contributed by atoms with Crippen LogP contribution in [0.5, 0.6) is 5.88 Å². The van der Waals surface area contributed by atoms with Crippen LogP contribution >= 0.6 is 22.6 Å². The summed E-state index contributed by atoms with van der Waals surface area (Å²) in [7, 11) is 0. The van der Waals surface area contributed by atoms with Gasteiger partial charge < -0.3 is 15.6 Å². The standard InChI is InChI=1S/C8H8F3IN2O2/c9-8(10,11)16-7-5(12)1-4(2-13)6(3-15)14-7/h1,15H,2-3,13H2. The van der Waals surface area contributed by atoms with Crippen LogP contribution in [0.4, 0.5) is 13.2 Å². The van der Waals surface area contributed by atoms with E-state index in [-0.39, 0.29) is 15.8 Å². The van der Waals surface area contributed by atoms with Crippen molar-refractivity contribution < 1.29 is 23.0 Å². The van der Waals surface area contributed by atoms with Crippen molar-refractivity contribution in [1.29, 1.82) is 0 Å². The van der Waals surface area contributed by atoms with Gasteiger partial charge in [0.1, 0.15) is 0 Å². The second-order valence-electron chi connectivity index (χ2n) is 2.79. The van der Waals surface area contributed by atoms with Crippen molar-refractivity contribution in [2.45, 2.75) is 19.5 Å². The van der Waals surface area contributed by atoms with E-state index < -0.39 is 18.8 Å². The molecule has 90 valence electrons. The fraction of sp³-hybridized carbons (Fsp3) is 0.375. The van der Waals surface area contributed by atoms with Crippen molar-refractivity contribution in [3.05, 3.63) is 20.9 Å². The number of aliphatic hydroxyl groups excluding tert-OH is 1. The Labute approximate surface area is 103 Å². The maximum absolute atomic E-state index is 12.0. The number of aliphatic hydroxyl groups is 1. The first-order valence-electron chi connectivity index (χ1n) is 4.12. The summed E-state index contributed by atoms with van der Waals surface area (Å²) < 4.78 is 39.9. The maximum Gasteiger partial charge on any atom is 0.574 e. The van der Waals surface area contributed by atoms with Crippen molar-refractivity contribution in [2.75, 3.05) is 0 Å². The first-order chi connectivity index (χ1) is 7.37. The first-order valence-corrected chi connectivity index (χ1v) is 5.20. The number of nitrogens with two attached hydrogens (primary N) is 1. The van der Waals surface area contributed by atoms with Gasteiger partial charge in [0.2, 0.25) is 5.88 Å². The first kappa shape index (κ1) is 13.5. The van der Waals surface area contributed by atoms with Gasteiger partial charge in [0.25, 0.3) is 0 Å². The number of rotatable bonds is 3. The molecule has 1 aromatic rings. The molecule has 0 saturated carbocycles. The Kier molecular flexibility index (Phi) is 4.33. The van der Waals surface area contributed by atoms with Crippen LogP contribution in [0.2, 0.25) is 0 Å². The number of hydrogen-bond donors (Lipinski definition) is 2. The van der Waals surface area contributed by atoms with E-state index in [9.17, 15) is 13.2 Å². The Balaban J connectivity index is 3.11. The van der Waals surface area contributed by atoms with Gasteiger partial charge in [-0.15, -0.1) is 13.2 Å². The monoisotopic (exact) mass is 348 g/mol. The van der Waals surface area contributed by atoms with E-state index in [0.29, 0.717) is 5.56 Å². The average Bonchev–Trinajstić information content (AvgIpc) is 2.18. The van der Waals surface area contributed by atoms with Gasteiger partial charge in [-0.1, -0.05) is 0 Å². The Morgan fingerprint density at radius 3 is 2.56 bits per heavy atom. The van der Waals surface area contributed by atoms with Crippen LogP contribution in [0.25, 0.3) is 0 Å². The molecule has 0 atom stereocenters. The van der Waals surface area contributed by atoms with E-state index in [4.69, 9.17) is 10.8 Å². The molecular weight excluding hydrogens is 340 g/mol. The quantitative estimate of drug-likeness (QED) is 0.814. The number of halogens is 4. The van der Waals surface area contributed by atoms with Gasteiger partial charge >= 0.3 is 6.36 Å². The van der Waals surface area contributed by atoms with Gasteiger partial charge in [0.05, 0.1) is 15.9 Å². The van der Waals surface area contributed by atoms with Crippen LogP contribution in [0, 0.1) is 3.57 Å². The van der Waals surface area contributed by atoms with Crippen LogP contribution in [-0.4, -0.2) is 16.5 Å². The zero-order valence-electron chi connectivity index (χ0n) is 7.88. The minimum absolute atomic E-state index is 0.0853. The van der Waals surface area contributed by atoms with E-state index in [2.05, 4.69) is 9.72 Å². The highest BCUT2D eigenvalue weighted by molar-refractivity contribution is 14.1. The second-order valence-corrected chi connectivity index (χ2v) is 3.95. The molecular formula is C8H8F3IN2O2. The lowest BCUT2D eigenvalue weighted by Gasteiger charge is -2.12. The van der Waals surface area contributed by atoms with E-state index in [1.165, 1.54) is 6.07 Å². The van der Waals surface area contributed by atoms with Gasteiger partial charge in [0, 0.05) is 6.54 Å². The van der Waals surface area contributed by atoms with Crippen LogP contribution in [-0.2, 0) is 13.2 Å². The summed E-state index contributed by atoms with van der Waals surface area (Å²) in [6, 6.07) is 1.40. The number of aromatic nitrogens is 1. The van der Waals surface area contributed by atoms with Crippen LogP contribution in [0.15, 0.2) is 6.07 Å². The van der Waals surface area contributed by atoms with Gasteiger partial charge in [-0.2, -0.15) is 0 Å². The molecule has 0 fully saturated rings. The summed E-state index contributed by atoms with van der Waals surface area (Å²) in [5.41, 5.74) is 5.93. The third-order valence-electron chi connectivity index (χ3n) is 1.69. The minimum atomic E-state index is -4.80. The molecule has 1 rings (SSSR count). The number of alkyl halides is 3. The third-order valence-corrected chi connectivity index (χ3v) is 2.47. The van der Waals surface area contributed by atoms with Gasteiger partial charge in [-0.25, -0.2) is 4.98 Å². The molecule has 3 N–H and O–H groups in total. The number of nitrogens with zero attached hydrogens (tertiary/aromatic N) is 1. The lowest BCUT2D eigenvalue weighted by molar-refractivity contribution is -0.276. The van der Waals surface area contributed by atoms with Crippen LogP contribution in [0.1, 0.15) is 11.3 Å². The largest absolute Gasteiger partial charge is 0.574 e. The Morgan fingerprint density at radius 1 is 1.50 bits per heavy atom. The predicted molar refractivity (Wildman–Crippen MR) is 57.5 cm³/mol. The Bertz CT molecular complexity index is 384. The summed E-state index contributed by atoms with van der Waals surface area (Å²) in [5, 5.41) is 8.91. The summed E-state index contributed by atoms with van der Waals surface area (Å²) in [4.78, 5) is 3.57.